The average Bonchev–Trinajstić information content (AvgIpc) is 2.86. The Labute approximate surface area is 192 Å². The van der Waals surface area contributed by atoms with Crippen molar-refractivity contribution in [3.8, 4) is 0 Å². The van der Waals surface area contributed by atoms with Gasteiger partial charge in [0.25, 0.3) is 0 Å². The summed E-state index contributed by atoms with van der Waals surface area (Å²) >= 11 is 0. The molecule has 0 heteroatoms. The van der Waals surface area contributed by atoms with E-state index in [-0.39, 0.29) is 0 Å². The van der Waals surface area contributed by atoms with E-state index in [1.165, 1.54) is 67.4 Å². The zero-order valence-corrected chi connectivity index (χ0v) is 19.7. The van der Waals surface area contributed by atoms with Crippen molar-refractivity contribution in [1.82, 2.24) is 0 Å². The maximum atomic E-state index is 2.35. The lowest BCUT2D eigenvalue weighted by Gasteiger charge is -2.15. The summed E-state index contributed by atoms with van der Waals surface area (Å²) in [5.74, 6) is 0. The van der Waals surface area contributed by atoms with Gasteiger partial charge in [-0.3, -0.25) is 0 Å². The van der Waals surface area contributed by atoms with Crippen molar-refractivity contribution in [3.63, 3.8) is 0 Å². The summed E-state index contributed by atoms with van der Waals surface area (Å²) in [6.07, 6.45) is 6.94. The smallest absolute Gasteiger partial charge is 0.00990 e. The van der Waals surface area contributed by atoms with Crippen LogP contribution in [-0.4, -0.2) is 0 Å². The first kappa shape index (κ1) is 21.8. The molecular weight excluding hydrogens is 384 g/mol. The van der Waals surface area contributed by atoms with Crippen molar-refractivity contribution >= 4 is 38.4 Å². The van der Waals surface area contributed by atoms with E-state index in [1.54, 1.807) is 0 Å². The van der Waals surface area contributed by atoms with E-state index in [0.29, 0.717) is 0 Å². The second-order valence-corrected chi connectivity index (χ2v) is 8.21. The predicted octanol–water partition coefficient (Wildman–Crippen LogP) is 9.44. The fraction of sp³-hybridized carbons (Fsp3) is 0.188. The predicted molar refractivity (Wildman–Crippen MR) is 144 cm³/mol. The molecule has 1 aliphatic carbocycles. The summed E-state index contributed by atoms with van der Waals surface area (Å²) < 4.78 is 0. The Balaban J connectivity index is 0.000000161. The minimum atomic E-state index is 1.17. The molecule has 6 rings (SSSR count). The van der Waals surface area contributed by atoms with Crippen LogP contribution in [-0.2, 0) is 6.42 Å². The zero-order chi connectivity index (χ0) is 22.5. The molecule has 0 radical (unpaired) electrons. The van der Waals surface area contributed by atoms with Crippen LogP contribution in [0.25, 0.3) is 38.4 Å². The van der Waals surface area contributed by atoms with Gasteiger partial charge in [0.15, 0.2) is 0 Å². The van der Waals surface area contributed by atoms with Crippen LogP contribution in [0.3, 0.4) is 0 Å². The third-order valence-electron chi connectivity index (χ3n) is 6.25. The van der Waals surface area contributed by atoms with Gasteiger partial charge in [-0.25, -0.2) is 0 Å². The first-order valence-corrected chi connectivity index (χ1v) is 11.8. The lowest BCUT2D eigenvalue weighted by molar-refractivity contribution is 0.990. The van der Waals surface area contributed by atoms with E-state index in [1.807, 2.05) is 13.8 Å². The molecular formula is C32H32. The number of rotatable bonds is 0. The fourth-order valence-electron chi connectivity index (χ4n) is 4.67. The number of aryl methyl sites for hydroxylation is 3. The molecule has 0 amide bonds. The lowest BCUT2D eigenvalue weighted by atomic mass is 9.89. The molecule has 160 valence electrons. The minimum absolute atomic E-state index is 1.17. The van der Waals surface area contributed by atoms with Crippen LogP contribution in [0.1, 0.15) is 42.5 Å². The van der Waals surface area contributed by atoms with E-state index >= 15 is 0 Å². The first-order valence-electron chi connectivity index (χ1n) is 11.8. The Morgan fingerprint density at radius 2 is 1.22 bits per heavy atom. The number of fused-ring (bicyclic) bond motifs is 6. The molecule has 0 aromatic heterocycles. The molecule has 0 nitrogen and oxygen atoms in total. The Kier molecular flexibility index (Phi) is 6.71. The maximum Gasteiger partial charge on any atom is -0.00990 e. The Hall–Kier alpha value is -3.38. The number of allylic oxidation sites excluding steroid dienone is 1. The highest BCUT2D eigenvalue weighted by molar-refractivity contribution is 6.11. The van der Waals surface area contributed by atoms with Crippen molar-refractivity contribution < 1.29 is 0 Å². The highest BCUT2D eigenvalue weighted by atomic mass is 14.1. The summed E-state index contributed by atoms with van der Waals surface area (Å²) in [6.45, 7) is 8.36. The molecule has 1 aliphatic rings. The van der Waals surface area contributed by atoms with Gasteiger partial charge in [0.1, 0.15) is 0 Å². The van der Waals surface area contributed by atoms with Gasteiger partial charge in [0, 0.05) is 0 Å². The molecule has 0 heterocycles. The molecule has 0 aliphatic heterocycles. The fourth-order valence-corrected chi connectivity index (χ4v) is 4.67. The molecule has 5 aromatic carbocycles. The van der Waals surface area contributed by atoms with Gasteiger partial charge in [-0.05, 0) is 81.3 Å². The molecule has 32 heavy (non-hydrogen) atoms. The van der Waals surface area contributed by atoms with Gasteiger partial charge in [-0.15, -0.1) is 0 Å². The third kappa shape index (κ3) is 4.18. The van der Waals surface area contributed by atoms with Gasteiger partial charge in [-0.1, -0.05) is 111 Å². The van der Waals surface area contributed by atoms with E-state index in [2.05, 4.69) is 111 Å². The van der Waals surface area contributed by atoms with Crippen LogP contribution in [0.5, 0.6) is 0 Å². The molecule has 5 aromatic rings. The average molecular weight is 417 g/mol. The molecule has 0 saturated heterocycles. The second kappa shape index (κ2) is 9.83. The van der Waals surface area contributed by atoms with E-state index in [4.69, 9.17) is 0 Å². The summed E-state index contributed by atoms with van der Waals surface area (Å²) in [7, 11) is 0. The summed E-state index contributed by atoms with van der Waals surface area (Å²) in [6, 6.07) is 30.5. The highest BCUT2D eigenvalue weighted by Gasteiger charge is 2.11. The number of hydrogen-bond donors (Lipinski definition) is 0. The van der Waals surface area contributed by atoms with Crippen molar-refractivity contribution in [1.29, 1.82) is 0 Å². The van der Waals surface area contributed by atoms with Gasteiger partial charge < -0.3 is 0 Å². The third-order valence-corrected chi connectivity index (χ3v) is 6.25. The van der Waals surface area contributed by atoms with E-state index < -0.39 is 0 Å². The van der Waals surface area contributed by atoms with Gasteiger partial charge >= 0.3 is 0 Å². The van der Waals surface area contributed by atoms with Gasteiger partial charge in [-0.2, -0.15) is 0 Å². The van der Waals surface area contributed by atoms with Crippen molar-refractivity contribution in [2.75, 3.05) is 0 Å². The Morgan fingerprint density at radius 1 is 0.562 bits per heavy atom. The number of hydrogen-bond acceptors (Lipinski definition) is 0. The van der Waals surface area contributed by atoms with Crippen LogP contribution < -0.4 is 0 Å². The second-order valence-electron chi connectivity index (χ2n) is 8.21. The largest absolute Gasteiger partial charge is 0.0836 e. The summed E-state index contributed by atoms with van der Waals surface area (Å²) in [5.41, 5.74) is 5.64. The van der Waals surface area contributed by atoms with Crippen LogP contribution in [0.4, 0.5) is 0 Å². The zero-order valence-electron chi connectivity index (χ0n) is 19.7. The topological polar surface area (TPSA) is 0 Å². The molecule has 0 atom stereocenters. The van der Waals surface area contributed by atoms with Crippen molar-refractivity contribution in [3.05, 3.63) is 113 Å². The number of benzene rings is 5. The SMILES string of the molecule is CC.Cc1cc2c3c(ccc2c2ccccc12)CCC=C3.Cc1cccc2ccccc12. The normalized spacial score (nSPS) is 12.0. The van der Waals surface area contributed by atoms with E-state index in [9.17, 15) is 0 Å². The minimum Gasteiger partial charge on any atom is -0.0836 e. The van der Waals surface area contributed by atoms with Crippen LogP contribution in [0.2, 0.25) is 0 Å². The van der Waals surface area contributed by atoms with Crippen LogP contribution in [0.15, 0.2) is 91.0 Å². The molecule has 0 unspecified atom stereocenters. The molecule has 0 N–H and O–H groups in total. The van der Waals surface area contributed by atoms with Gasteiger partial charge in [0.2, 0.25) is 0 Å². The van der Waals surface area contributed by atoms with Crippen molar-refractivity contribution in [2.24, 2.45) is 0 Å². The quantitative estimate of drug-likeness (QED) is 0.220. The molecule has 0 fully saturated rings. The lowest BCUT2D eigenvalue weighted by Crippen LogP contribution is -1.95. The molecule has 0 spiro atoms. The molecule has 0 saturated carbocycles. The first-order chi connectivity index (χ1) is 15.7. The van der Waals surface area contributed by atoms with E-state index in [0.717, 1.165) is 0 Å². The standard InChI is InChI=1S/C19H16.C11H10.C2H6/c1-13-12-19-16-8-3-2-6-14(16)10-11-18(19)17-9-5-4-7-15(13)17;1-9-5-4-7-10-6-2-3-8-11(9)10;1-2/h3-5,7-12H,2,6H2,1H3;2-8H,1H3;1-2H3. The Bertz CT molecular complexity index is 1400. The summed E-state index contributed by atoms with van der Waals surface area (Å²) in [4.78, 5) is 0. The molecule has 0 bridgehead atoms. The summed E-state index contributed by atoms with van der Waals surface area (Å²) in [5, 5.41) is 8.22. The highest BCUT2D eigenvalue weighted by Crippen LogP contribution is 2.34. The van der Waals surface area contributed by atoms with Gasteiger partial charge in [0.05, 0.1) is 0 Å². The van der Waals surface area contributed by atoms with Crippen molar-refractivity contribution in [2.45, 2.75) is 40.5 Å². The maximum absolute atomic E-state index is 2.35. The van der Waals surface area contributed by atoms with Crippen LogP contribution in [0, 0.1) is 13.8 Å². The monoisotopic (exact) mass is 416 g/mol. The van der Waals surface area contributed by atoms with Crippen LogP contribution >= 0.6 is 0 Å². The Morgan fingerprint density at radius 3 is 2.00 bits per heavy atom.